The number of rotatable bonds is 2. The molecule has 2 aromatic rings. The summed E-state index contributed by atoms with van der Waals surface area (Å²) in [6.07, 6.45) is 1.03. The summed E-state index contributed by atoms with van der Waals surface area (Å²) in [6, 6.07) is 5.82. The van der Waals surface area contributed by atoms with E-state index < -0.39 is 16.8 Å². The fourth-order valence-electron chi connectivity index (χ4n) is 1.56. The zero-order valence-electron chi connectivity index (χ0n) is 9.83. The Hall–Kier alpha value is -2.41. The van der Waals surface area contributed by atoms with Crippen molar-refractivity contribution in [3.05, 3.63) is 51.4 Å². The fraction of sp³-hybridized carbons (Fsp3) is 0.0909. The van der Waals surface area contributed by atoms with Gasteiger partial charge in [-0.25, -0.2) is 9.78 Å². The molecule has 0 spiro atoms. The van der Waals surface area contributed by atoms with E-state index >= 15 is 0 Å². The van der Waals surface area contributed by atoms with Crippen LogP contribution in [0.3, 0.4) is 0 Å². The largest absolute Gasteiger partial charge is 0.419 e. The Morgan fingerprint density at radius 1 is 1.53 bits per heavy atom. The lowest BCUT2D eigenvalue weighted by Gasteiger charge is -2.04. The highest BCUT2D eigenvalue weighted by Gasteiger charge is 2.24. The molecule has 0 bridgehead atoms. The molecule has 0 atom stereocenters. The standard InChI is InChI=1S/C11H9ClN4O3/c1-7-13-6-10(16(18)19)15(7)11(17)14-9-4-2-3-8(12)5-9/h2-6H,1H3,(H,14,17). The molecule has 19 heavy (non-hydrogen) atoms. The van der Waals surface area contributed by atoms with Crippen molar-refractivity contribution >= 4 is 29.1 Å². The lowest BCUT2D eigenvalue weighted by molar-refractivity contribution is -0.390. The summed E-state index contributed by atoms with van der Waals surface area (Å²) in [5, 5.41) is 13.8. The Bertz CT molecular complexity index is 653. The molecular weight excluding hydrogens is 272 g/mol. The summed E-state index contributed by atoms with van der Waals surface area (Å²) in [6.45, 7) is 1.50. The van der Waals surface area contributed by atoms with E-state index in [4.69, 9.17) is 11.6 Å². The third kappa shape index (κ3) is 2.71. The van der Waals surface area contributed by atoms with Crippen LogP contribution in [0.1, 0.15) is 5.82 Å². The molecule has 0 radical (unpaired) electrons. The van der Waals surface area contributed by atoms with Crippen molar-refractivity contribution in [3.8, 4) is 0 Å². The van der Waals surface area contributed by atoms with Crippen molar-refractivity contribution in [2.45, 2.75) is 6.92 Å². The van der Waals surface area contributed by atoms with E-state index in [2.05, 4.69) is 10.3 Å². The number of hydrogen-bond donors (Lipinski definition) is 1. The first kappa shape index (κ1) is 13.0. The molecule has 0 saturated heterocycles. The summed E-state index contributed by atoms with van der Waals surface area (Å²) < 4.78 is 0.890. The molecule has 98 valence electrons. The normalized spacial score (nSPS) is 10.2. The maximum absolute atomic E-state index is 12.0. The van der Waals surface area contributed by atoms with Gasteiger partial charge in [0, 0.05) is 17.6 Å². The van der Waals surface area contributed by atoms with Crippen molar-refractivity contribution in [2.24, 2.45) is 0 Å². The van der Waals surface area contributed by atoms with Crippen LogP contribution < -0.4 is 5.32 Å². The highest BCUT2D eigenvalue weighted by Crippen LogP contribution is 2.18. The molecule has 7 nitrogen and oxygen atoms in total. The number of aryl methyl sites for hydroxylation is 1. The van der Waals surface area contributed by atoms with E-state index in [1.54, 1.807) is 18.2 Å². The van der Waals surface area contributed by atoms with Crippen LogP contribution in [0.15, 0.2) is 30.5 Å². The first-order valence-electron chi connectivity index (χ1n) is 5.24. The summed E-state index contributed by atoms with van der Waals surface area (Å²) in [7, 11) is 0. The van der Waals surface area contributed by atoms with Crippen LogP contribution in [-0.2, 0) is 0 Å². The number of anilines is 1. The van der Waals surface area contributed by atoms with Crippen LogP contribution in [-0.4, -0.2) is 20.5 Å². The quantitative estimate of drug-likeness (QED) is 0.676. The van der Waals surface area contributed by atoms with Crippen LogP contribution >= 0.6 is 11.6 Å². The smallest absolute Gasteiger partial charge is 0.358 e. The van der Waals surface area contributed by atoms with E-state index in [1.807, 2.05) is 0 Å². The van der Waals surface area contributed by atoms with Crippen molar-refractivity contribution in [1.29, 1.82) is 0 Å². The summed E-state index contributed by atoms with van der Waals surface area (Å²) in [4.78, 5) is 25.9. The number of carbonyl (C=O) groups excluding carboxylic acids is 1. The van der Waals surface area contributed by atoms with Gasteiger partial charge in [0.1, 0.15) is 6.20 Å². The van der Waals surface area contributed by atoms with Crippen molar-refractivity contribution in [1.82, 2.24) is 9.55 Å². The van der Waals surface area contributed by atoms with Gasteiger partial charge in [-0.1, -0.05) is 17.7 Å². The van der Waals surface area contributed by atoms with E-state index in [9.17, 15) is 14.9 Å². The van der Waals surface area contributed by atoms with Gasteiger partial charge in [0.2, 0.25) is 5.82 Å². The van der Waals surface area contributed by atoms with Crippen LogP contribution in [0.2, 0.25) is 5.02 Å². The van der Waals surface area contributed by atoms with E-state index in [-0.39, 0.29) is 5.82 Å². The molecule has 8 heteroatoms. The maximum atomic E-state index is 12.0. The second-order valence-corrected chi connectivity index (χ2v) is 4.13. The van der Waals surface area contributed by atoms with Crippen LogP contribution in [0.25, 0.3) is 0 Å². The number of halogens is 1. The van der Waals surface area contributed by atoms with E-state index in [0.29, 0.717) is 10.7 Å². The number of nitrogens with one attached hydrogen (secondary N) is 1. The molecule has 2 rings (SSSR count). The Morgan fingerprint density at radius 2 is 2.26 bits per heavy atom. The van der Waals surface area contributed by atoms with Crippen molar-refractivity contribution in [3.63, 3.8) is 0 Å². The number of aromatic nitrogens is 2. The second kappa shape index (κ2) is 5.07. The summed E-state index contributed by atoms with van der Waals surface area (Å²) in [5.41, 5.74) is 0.444. The Kier molecular flexibility index (Phi) is 3.48. The number of benzene rings is 1. The molecule has 1 aromatic carbocycles. The molecular formula is C11H9ClN4O3. The Labute approximate surface area is 113 Å². The van der Waals surface area contributed by atoms with Gasteiger partial charge in [-0.15, -0.1) is 4.57 Å². The minimum Gasteiger partial charge on any atom is -0.358 e. The molecule has 1 amide bonds. The zero-order chi connectivity index (χ0) is 14.0. The molecule has 1 aromatic heterocycles. The van der Waals surface area contributed by atoms with Gasteiger partial charge in [0.05, 0.1) is 0 Å². The van der Waals surface area contributed by atoms with Gasteiger partial charge in [-0.05, 0) is 23.1 Å². The number of nitro groups is 1. The molecule has 0 aliphatic rings. The first-order valence-corrected chi connectivity index (χ1v) is 5.62. The predicted molar refractivity (Wildman–Crippen MR) is 69.5 cm³/mol. The summed E-state index contributed by atoms with van der Waals surface area (Å²) in [5.74, 6) is -0.164. The summed E-state index contributed by atoms with van der Waals surface area (Å²) >= 11 is 5.79. The number of hydrogen-bond acceptors (Lipinski definition) is 4. The third-order valence-electron chi connectivity index (χ3n) is 2.39. The zero-order valence-corrected chi connectivity index (χ0v) is 10.6. The number of imidazole rings is 1. The number of amides is 1. The van der Waals surface area contributed by atoms with Crippen molar-refractivity contribution in [2.75, 3.05) is 5.32 Å². The minimum absolute atomic E-state index is 0.228. The van der Waals surface area contributed by atoms with Gasteiger partial charge in [-0.2, -0.15) is 0 Å². The minimum atomic E-state index is -0.669. The average Bonchev–Trinajstić information content (AvgIpc) is 2.71. The number of carbonyl (C=O) groups is 1. The van der Waals surface area contributed by atoms with E-state index in [1.165, 1.54) is 13.0 Å². The third-order valence-corrected chi connectivity index (χ3v) is 2.62. The van der Waals surface area contributed by atoms with Gasteiger partial charge < -0.3 is 10.1 Å². The van der Waals surface area contributed by atoms with Gasteiger partial charge in [-0.3, -0.25) is 5.32 Å². The second-order valence-electron chi connectivity index (χ2n) is 3.70. The lowest BCUT2D eigenvalue weighted by Crippen LogP contribution is -2.22. The Morgan fingerprint density at radius 3 is 2.89 bits per heavy atom. The topological polar surface area (TPSA) is 90.1 Å². The maximum Gasteiger partial charge on any atom is 0.419 e. The molecule has 1 heterocycles. The molecule has 0 aliphatic carbocycles. The molecule has 0 aliphatic heterocycles. The lowest BCUT2D eigenvalue weighted by atomic mass is 10.3. The van der Waals surface area contributed by atoms with Crippen LogP contribution in [0.5, 0.6) is 0 Å². The van der Waals surface area contributed by atoms with E-state index in [0.717, 1.165) is 10.8 Å². The fourth-order valence-corrected chi connectivity index (χ4v) is 1.75. The first-order chi connectivity index (χ1) is 8.99. The molecule has 0 unspecified atom stereocenters. The highest BCUT2D eigenvalue weighted by molar-refractivity contribution is 6.30. The number of nitrogens with zero attached hydrogens (tertiary/aromatic N) is 3. The van der Waals surface area contributed by atoms with Crippen LogP contribution in [0, 0.1) is 17.0 Å². The SMILES string of the molecule is Cc1ncc([N+](=O)[O-])n1C(=O)Nc1cccc(Cl)c1. The predicted octanol–water partition coefficient (Wildman–Crippen LogP) is 2.83. The van der Waals surface area contributed by atoms with Gasteiger partial charge in [0.25, 0.3) is 0 Å². The van der Waals surface area contributed by atoms with Gasteiger partial charge in [0.15, 0.2) is 0 Å². The van der Waals surface area contributed by atoms with Crippen LogP contribution in [0.4, 0.5) is 16.3 Å². The van der Waals surface area contributed by atoms with Crippen molar-refractivity contribution < 1.29 is 9.72 Å². The Balaban J connectivity index is 2.30. The molecule has 0 fully saturated rings. The average molecular weight is 281 g/mol. The monoisotopic (exact) mass is 280 g/mol. The highest BCUT2D eigenvalue weighted by atomic mass is 35.5. The molecule has 0 saturated carbocycles. The van der Waals surface area contributed by atoms with Gasteiger partial charge >= 0.3 is 11.8 Å². The molecule has 1 N–H and O–H groups in total.